The molecule has 1 heterocycles. The Kier molecular flexibility index (Phi) is 9.44. The minimum atomic E-state index is -0.839. The predicted molar refractivity (Wildman–Crippen MR) is 167 cm³/mol. The molecule has 0 spiro atoms. The molecule has 4 aromatic rings. The number of barbiturate groups is 1. The maximum Gasteiger partial charge on any atom is 0.335 e. The lowest BCUT2D eigenvalue weighted by atomic mass is 10.1. The summed E-state index contributed by atoms with van der Waals surface area (Å²) in [6.07, 6.45) is 1.42. The summed E-state index contributed by atoms with van der Waals surface area (Å²) in [7, 11) is 0. The minimum Gasteiger partial charge on any atom is -0.490 e. The highest BCUT2D eigenvalue weighted by Gasteiger charge is 2.36. The number of urea groups is 1. The van der Waals surface area contributed by atoms with Crippen LogP contribution < -0.4 is 24.4 Å². The zero-order chi connectivity index (χ0) is 30.3. The molecule has 4 amide bonds. The van der Waals surface area contributed by atoms with E-state index in [0.717, 1.165) is 20.5 Å². The Morgan fingerprint density at radius 2 is 1.44 bits per heavy atom. The van der Waals surface area contributed by atoms with Crippen molar-refractivity contribution in [3.8, 4) is 17.2 Å². The highest BCUT2D eigenvalue weighted by molar-refractivity contribution is 9.10. The lowest BCUT2D eigenvalue weighted by molar-refractivity contribution is -0.122. The van der Waals surface area contributed by atoms with Gasteiger partial charge in [-0.25, -0.2) is 9.69 Å². The number of benzene rings is 4. The zero-order valence-electron chi connectivity index (χ0n) is 23.0. The van der Waals surface area contributed by atoms with Crippen molar-refractivity contribution < 1.29 is 28.6 Å². The first-order valence-electron chi connectivity index (χ1n) is 13.3. The van der Waals surface area contributed by atoms with Crippen molar-refractivity contribution in [1.82, 2.24) is 5.32 Å². The second kappa shape index (κ2) is 13.6. The van der Waals surface area contributed by atoms with Gasteiger partial charge in [0.15, 0.2) is 11.5 Å². The number of rotatable bonds is 10. The van der Waals surface area contributed by atoms with E-state index in [1.54, 1.807) is 54.6 Å². The Bertz CT molecular complexity index is 1670. The highest BCUT2D eigenvalue weighted by Crippen LogP contribution is 2.31. The molecule has 4 aromatic carbocycles. The summed E-state index contributed by atoms with van der Waals surface area (Å²) in [6, 6.07) is 25.8. The van der Waals surface area contributed by atoms with Crippen LogP contribution in [0.1, 0.15) is 23.6 Å². The van der Waals surface area contributed by atoms with Crippen molar-refractivity contribution in [3.05, 3.63) is 123 Å². The summed E-state index contributed by atoms with van der Waals surface area (Å²) < 4.78 is 18.5. The molecule has 218 valence electrons. The number of nitrogens with zero attached hydrogens (tertiary/aromatic N) is 1. The van der Waals surface area contributed by atoms with Gasteiger partial charge in [-0.05, 0) is 90.4 Å². The third-order valence-corrected chi connectivity index (χ3v) is 7.18. The van der Waals surface area contributed by atoms with Gasteiger partial charge in [0.25, 0.3) is 11.8 Å². The van der Waals surface area contributed by atoms with Crippen LogP contribution in [-0.2, 0) is 22.8 Å². The van der Waals surface area contributed by atoms with Gasteiger partial charge >= 0.3 is 6.03 Å². The third kappa shape index (κ3) is 7.43. The van der Waals surface area contributed by atoms with E-state index in [0.29, 0.717) is 47.7 Å². The van der Waals surface area contributed by atoms with Crippen LogP contribution in [0.3, 0.4) is 0 Å². The molecule has 5 rings (SSSR count). The summed E-state index contributed by atoms with van der Waals surface area (Å²) in [5.74, 6) is -0.0256. The molecule has 1 N–H and O–H groups in total. The van der Waals surface area contributed by atoms with Crippen LogP contribution in [0.4, 0.5) is 10.5 Å². The molecule has 10 heteroatoms. The Balaban J connectivity index is 1.32. The lowest BCUT2D eigenvalue weighted by Gasteiger charge is -2.26. The number of anilines is 1. The van der Waals surface area contributed by atoms with E-state index in [4.69, 9.17) is 25.8 Å². The average Bonchev–Trinajstić information content (AvgIpc) is 3.00. The van der Waals surface area contributed by atoms with E-state index in [-0.39, 0.29) is 11.3 Å². The van der Waals surface area contributed by atoms with Crippen LogP contribution in [0.15, 0.2) is 101 Å². The molecule has 8 nitrogen and oxygen atoms in total. The Labute approximate surface area is 261 Å². The van der Waals surface area contributed by atoms with Crippen molar-refractivity contribution >= 4 is 57.1 Å². The Morgan fingerprint density at radius 1 is 0.791 bits per heavy atom. The highest BCUT2D eigenvalue weighted by atomic mass is 79.9. The quantitative estimate of drug-likeness (QED) is 0.141. The molecule has 1 aliphatic rings. The van der Waals surface area contributed by atoms with Crippen LogP contribution in [0, 0.1) is 0 Å². The van der Waals surface area contributed by atoms with E-state index in [1.165, 1.54) is 6.08 Å². The maximum absolute atomic E-state index is 13.4. The second-order valence-electron chi connectivity index (χ2n) is 9.42. The van der Waals surface area contributed by atoms with Gasteiger partial charge in [0.2, 0.25) is 0 Å². The fourth-order valence-electron chi connectivity index (χ4n) is 4.24. The number of hydrogen-bond donors (Lipinski definition) is 1. The van der Waals surface area contributed by atoms with Gasteiger partial charge < -0.3 is 14.2 Å². The number of imide groups is 2. The molecule has 1 saturated heterocycles. The first-order valence-corrected chi connectivity index (χ1v) is 14.5. The summed E-state index contributed by atoms with van der Waals surface area (Å²) in [5, 5.41) is 2.88. The van der Waals surface area contributed by atoms with E-state index < -0.39 is 17.8 Å². The van der Waals surface area contributed by atoms with Crippen LogP contribution in [0.2, 0.25) is 5.02 Å². The van der Waals surface area contributed by atoms with E-state index in [1.807, 2.05) is 43.3 Å². The average molecular weight is 662 g/mol. The third-order valence-electron chi connectivity index (χ3n) is 6.40. The molecular formula is C33H26BrClN2O6. The Hall–Kier alpha value is -4.60. The van der Waals surface area contributed by atoms with Crippen LogP contribution in [0.5, 0.6) is 17.2 Å². The zero-order valence-corrected chi connectivity index (χ0v) is 25.4. The number of nitrogens with one attached hydrogen (secondary N) is 1. The number of amides is 4. The molecule has 0 saturated carbocycles. The molecule has 0 aliphatic carbocycles. The van der Waals surface area contributed by atoms with Gasteiger partial charge in [-0.2, -0.15) is 0 Å². The summed E-state index contributed by atoms with van der Waals surface area (Å²) in [4.78, 5) is 39.7. The summed E-state index contributed by atoms with van der Waals surface area (Å²) in [5.41, 5.74) is 2.52. The fraction of sp³-hybridized carbons (Fsp3) is 0.121. The SMILES string of the molecule is CCOc1cc(/C=C2\C(=O)NC(=O)N(c3ccc(OCc4ccc(Cl)cc4)cc3)C2=O)ccc1OCc1ccc(Br)cc1. The van der Waals surface area contributed by atoms with Gasteiger partial charge in [-0.15, -0.1) is 0 Å². The topological polar surface area (TPSA) is 94.2 Å². The number of ether oxygens (including phenoxy) is 3. The van der Waals surface area contributed by atoms with Gasteiger partial charge in [-0.1, -0.05) is 57.9 Å². The molecule has 0 radical (unpaired) electrons. The monoisotopic (exact) mass is 660 g/mol. The first-order chi connectivity index (χ1) is 20.8. The summed E-state index contributed by atoms with van der Waals surface area (Å²) in [6.45, 7) is 2.88. The first kappa shape index (κ1) is 29.9. The van der Waals surface area contributed by atoms with E-state index in [9.17, 15) is 14.4 Å². The molecule has 0 bridgehead atoms. The van der Waals surface area contributed by atoms with Gasteiger partial charge in [0.05, 0.1) is 12.3 Å². The van der Waals surface area contributed by atoms with Gasteiger partial charge in [-0.3, -0.25) is 14.9 Å². The Morgan fingerprint density at radius 3 is 2.12 bits per heavy atom. The van der Waals surface area contributed by atoms with Crippen molar-refractivity contribution in [1.29, 1.82) is 0 Å². The lowest BCUT2D eigenvalue weighted by Crippen LogP contribution is -2.54. The largest absolute Gasteiger partial charge is 0.490 e. The van der Waals surface area contributed by atoms with Crippen LogP contribution in [0.25, 0.3) is 6.08 Å². The molecule has 0 atom stereocenters. The second-order valence-corrected chi connectivity index (χ2v) is 10.8. The molecular weight excluding hydrogens is 636 g/mol. The van der Waals surface area contributed by atoms with Crippen molar-refractivity contribution in [2.45, 2.75) is 20.1 Å². The fourth-order valence-corrected chi connectivity index (χ4v) is 4.63. The van der Waals surface area contributed by atoms with E-state index >= 15 is 0 Å². The van der Waals surface area contributed by atoms with Crippen LogP contribution in [-0.4, -0.2) is 24.5 Å². The molecule has 0 unspecified atom stereocenters. The number of carbonyl (C=O) groups is 3. The van der Waals surface area contributed by atoms with Crippen molar-refractivity contribution in [3.63, 3.8) is 0 Å². The molecule has 43 heavy (non-hydrogen) atoms. The standard InChI is InChI=1S/C33H26BrClN2O6/c1-2-41-30-18-23(7-16-29(30)43-20-21-3-8-24(34)9-4-21)17-28-31(38)36-33(40)37(32(28)39)26-12-14-27(15-13-26)42-19-22-5-10-25(35)11-6-22/h3-18H,2,19-20H2,1H3,(H,36,38,40)/b28-17+. The van der Waals surface area contributed by atoms with Gasteiger partial charge in [0, 0.05) is 9.50 Å². The van der Waals surface area contributed by atoms with Crippen molar-refractivity contribution in [2.75, 3.05) is 11.5 Å². The number of carbonyl (C=O) groups excluding carboxylic acids is 3. The number of hydrogen-bond acceptors (Lipinski definition) is 6. The smallest absolute Gasteiger partial charge is 0.335 e. The molecule has 0 aromatic heterocycles. The van der Waals surface area contributed by atoms with E-state index in [2.05, 4.69) is 21.2 Å². The minimum absolute atomic E-state index is 0.200. The van der Waals surface area contributed by atoms with Crippen LogP contribution >= 0.6 is 27.5 Å². The normalized spacial score (nSPS) is 14.1. The van der Waals surface area contributed by atoms with Crippen molar-refractivity contribution in [2.24, 2.45) is 0 Å². The molecule has 1 aliphatic heterocycles. The maximum atomic E-state index is 13.4. The predicted octanol–water partition coefficient (Wildman–Crippen LogP) is 7.33. The summed E-state index contributed by atoms with van der Waals surface area (Å²) >= 11 is 9.35. The number of halogens is 2. The van der Waals surface area contributed by atoms with Gasteiger partial charge in [0.1, 0.15) is 24.5 Å². The molecule has 1 fully saturated rings.